The van der Waals surface area contributed by atoms with Gasteiger partial charge in [-0.05, 0) is 35.3 Å². The van der Waals surface area contributed by atoms with Gasteiger partial charge in [0.05, 0.1) is 9.52 Å². The normalized spacial score (nSPS) is 12.1. The second-order valence-electron chi connectivity index (χ2n) is 6.07. The Balaban J connectivity index is 0.000000324. The molecule has 0 amide bonds. The van der Waals surface area contributed by atoms with E-state index in [2.05, 4.69) is 98.0 Å². The Labute approximate surface area is 153 Å². The van der Waals surface area contributed by atoms with E-state index in [0.717, 1.165) is 22.6 Å². The fourth-order valence-corrected chi connectivity index (χ4v) is 4.79. The molecule has 3 aromatic rings. The van der Waals surface area contributed by atoms with Gasteiger partial charge < -0.3 is 5.32 Å². The molecule has 0 bridgehead atoms. The van der Waals surface area contributed by atoms with Gasteiger partial charge in [0.15, 0.2) is 0 Å². The minimum Gasteiger partial charge on any atom is -0.317 e. The van der Waals surface area contributed by atoms with E-state index in [0.29, 0.717) is 5.54 Å². The SMILES string of the molecule is CCNCC.c1ccc([Si]C2c3ccccc3-c3ccccc32)cc1. The molecule has 0 saturated carbocycles. The van der Waals surface area contributed by atoms with E-state index < -0.39 is 0 Å². The Morgan fingerprint density at radius 1 is 0.680 bits per heavy atom. The molecule has 0 aromatic heterocycles. The first-order chi connectivity index (χ1) is 12.3. The van der Waals surface area contributed by atoms with E-state index in [1.165, 1.54) is 27.4 Å². The Morgan fingerprint density at radius 2 is 1.16 bits per heavy atom. The molecule has 1 aliphatic rings. The van der Waals surface area contributed by atoms with Gasteiger partial charge in [0.2, 0.25) is 0 Å². The molecule has 0 fully saturated rings. The standard InChI is InChI=1S/C19H14Si.C4H11N/c1-2-8-14(9-3-1)20-19-17-12-6-4-10-15(17)16-11-5-7-13-18(16)19;1-3-5-4-2/h1-13,19H;5H,3-4H2,1-2H3. The number of fused-ring (bicyclic) bond motifs is 3. The van der Waals surface area contributed by atoms with E-state index in [1.807, 2.05) is 0 Å². The number of rotatable bonds is 4. The van der Waals surface area contributed by atoms with E-state index in [1.54, 1.807) is 0 Å². The maximum atomic E-state index is 3.11. The van der Waals surface area contributed by atoms with Crippen LogP contribution >= 0.6 is 0 Å². The molecular formula is C23H25NSi. The first-order valence-corrected chi connectivity index (χ1v) is 10.1. The highest BCUT2D eigenvalue weighted by atomic mass is 28.2. The average molecular weight is 344 g/mol. The van der Waals surface area contributed by atoms with Crippen LogP contribution in [0.3, 0.4) is 0 Å². The highest BCUT2D eigenvalue weighted by Crippen LogP contribution is 2.43. The van der Waals surface area contributed by atoms with Gasteiger partial charge in [-0.25, -0.2) is 0 Å². The average Bonchev–Trinajstić information content (AvgIpc) is 2.98. The second kappa shape index (κ2) is 8.79. The quantitative estimate of drug-likeness (QED) is 0.692. The van der Waals surface area contributed by atoms with Gasteiger partial charge in [-0.1, -0.05) is 97.9 Å². The summed E-state index contributed by atoms with van der Waals surface area (Å²) in [5.74, 6) is 0. The maximum absolute atomic E-state index is 3.11. The summed E-state index contributed by atoms with van der Waals surface area (Å²) in [5, 5.41) is 4.55. The molecule has 2 heteroatoms. The first kappa shape index (κ1) is 17.7. The molecule has 0 aliphatic heterocycles. The van der Waals surface area contributed by atoms with Crippen molar-refractivity contribution in [2.75, 3.05) is 13.1 Å². The summed E-state index contributed by atoms with van der Waals surface area (Å²) in [6, 6.07) is 28.5. The predicted molar refractivity (Wildman–Crippen MR) is 110 cm³/mol. The van der Waals surface area contributed by atoms with Crippen LogP contribution in [-0.2, 0) is 0 Å². The summed E-state index contributed by atoms with van der Waals surface area (Å²) in [6.07, 6.45) is 0. The van der Waals surface area contributed by atoms with Gasteiger partial charge in [0.1, 0.15) is 0 Å². The predicted octanol–water partition coefficient (Wildman–Crippen LogP) is 4.40. The molecule has 1 aliphatic carbocycles. The summed E-state index contributed by atoms with van der Waals surface area (Å²) >= 11 is 0. The molecule has 3 aromatic carbocycles. The van der Waals surface area contributed by atoms with Gasteiger partial charge in [-0.2, -0.15) is 0 Å². The van der Waals surface area contributed by atoms with Crippen molar-refractivity contribution in [2.24, 2.45) is 0 Å². The van der Waals surface area contributed by atoms with Crippen molar-refractivity contribution in [1.29, 1.82) is 0 Å². The van der Waals surface area contributed by atoms with Crippen molar-refractivity contribution in [2.45, 2.75) is 19.4 Å². The smallest absolute Gasteiger partial charge is 0.0949 e. The molecule has 25 heavy (non-hydrogen) atoms. The van der Waals surface area contributed by atoms with Crippen molar-refractivity contribution >= 4 is 14.7 Å². The lowest BCUT2D eigenvalue weighted by Crippen LogP contribution is -2.21. The molecule has 1 N–H and O–H groups in total. The monoisotopic (exact) mass is 343 g/mol. The number of benzene rings is 3. The molecule has 1 nitrogen and oxygen atoms in total. The lowest BCUT2D eigenvalue weighted by atomic mass is 10.1. The van der Waals surface area contributed by atoms with Crippen LogP contribution in [0.25, 0.3) is 11.1 Å². The van der Waals surface area contributed by atoms with Gasteiger partial charge in [-0.3, -0.25) is 0 Å². The number of hydrogen-bond acceptors (Lipinski definition) is 1. The third kappa shape index (κ3) is 4.09. The van der Waals surface area contributed by atoms with Crippen LogP contribution in [0.2, 0.25) is 0 Å². The molecule has 4 rings (SSSR count). The lowest BCUT2D eigenvalue weighted by Gasteiger charge is -2.12. The van der Waals surface area contributed by atoms with E-state index in [9.17, 15) is 0 Å². The van der Waals surface area contributed by atoms with Gasteiger partial charge >= 0.3 is 0 Å². The van der Waals surface area contributed by atoms with Crippen molar-refractivity contribution in [3.05, 3.63) is 90.0 Å². The van der Waals surface area contributed by atoms with Crippen molar-refractivity contribution < 1.29 is 0 Å². The molecule has 0 spiro atoms. The summed E-state index contributed by atoms with van der Waals surface area (Å²) < 4.78 is 0. The summed E-state index contributed by atoms with van der Waals surface area (Å²) in [4.78, 5) is 0. The highest BCUT2D eigenvalue weighted by Gasteiger charge is 2.28. The van der Waals surface area contributed by atoms with Crippen LogP contribution in [0.4, 0.5) is 0 Å². The van der Waals surface area contributed by atoms with Crippen LogP contribution in [0, 0.1) is 0 Å². The zero-order valence-corrected chi connectivity index (χ0v) is 16.0. The van der Waals surface area contributed by atoms with Gasteiger partial charge in [-0.15, -0.1) is 0 Å². The van der Waals surface area contributed by atoms with E-state index >= 15 is 0 Å². The van der Waals surface area contributed by atoms with Crippen LogP contribution in [0.5, 0.6) is 0 Å². The zero-order valence-electron chi connectivity index (χ0n) is 15.0. The van der Waals surface area contributed by atoms with Gasteiger partial charge in [0, 0.05) is 5.54 Å². The number of nitrogens with one attached hydrogen (secondary N) is 1. The first-order valence-electron chi connectivity index (χ1n) is 9.05. The van der Waals surface area contributed by atoms with Gasteiger partial charge in [0.25, 0.3) is 0 Å². The summed E-state index contributed by atoms with van der Waals surface area (Å²) in [6.45, 7) is 6.39. The Kier molecular flexibility index (Phi) is 6.21. The second-order valence-corrected chi connectivity index (χ2v) is 7.52. The minimum absolute atomic E-state index is 0.518. The maximum Gasteiger partial charge on any atom is 0.0949 e. The third-order valence-electron chi connectivity index (χ3n) is 4.42. The van der Waals surface area contributed by atoms with E-state index in [4.69, 9.17) is 0 Å². The van der Waals surface area contributed by atoms with Crippen molar-refractivity contribution in [1.82, 2.24) is 5.32 Å². The summed E-state index contributed by atoms with van der Waals surface area (Å²) in [5.41, 5.74) is 6.31. The molecule has 0 saturated heterocycles. The Bertz CT molecular complexity index is 750. The van der Waals surface area contributed by atoms with Crippen LogP contribution in [-0.4, -0.2) is 22.6 Å². The fraction of sp³-hybridized carbons (Fsp3) is 0.217. The molecule has 126 valence electrons. The van der Waals surface area contributed by atoms with Crippen LogP contribution in [0.15, 0.2) is 78.9 Å². The Hall–Kier alpha value is -2.16. The molecule has 2 radical (unpaired) electrons. The van der Waals surface area contributed by atoms with Crippen LogP contribution < -0.4 is 10.5 Å². The number of hydrogen-bond donors (Lipinski definition) is 1. The molecule has 0 unspecified atom stereocenters. The molecular weight excluding hydrogens is 318 g/mol. The lowest BCUT2D eigenvalue weighted by molar-refractivity contribution is 0.762. The van der Waals surface area contributed by atoms with Crippen molar-refractivity contribution in [3.8, 4) is 11.1 Å². The van der Waals surface area contributed by atoms with Crippen LogP contribution in [0.1, 0.15) is 30.5 Å². The fourth-order valence-electron chi connectivity index (χ4n) is 3.26. The largest absolute Gasteiger partial charge is 0.317 e. The van der Waals surface area contributed by atoms with E-state index in [-0.39, 0.29) is 0 Å². The van der Waals surface area contributed by atoms with Crippen molar-refractivity contribution in [3.63, 3.8) is 0 Å². The zero-order chi connectivity index (χ0) is 17.5. The highest BCUT2D eigenvalue weighted by molar-refractivity contribution is 6.56. The Morgan fingerprint density at radius 3 is 1.64 bits per heavy atom. The third-order valence-corrected chi connectivity index (χ3v) is 6.00. The minimum atomic E-state index is 0.518. The topological polar surface area (TPSA) is 12.0 Å². The summed E-state index contributed by atoms with van der Waals surface area (Å²) in [7, 11) is 0.792. The molecule has 0 atom stereocenters. The molecule has 0 heterocycles.